The summed E-state index contributed by atoms with van der Waals surface area (Å²) < 4.78 is 0. The molecule has 0 atom stereocenters. The number of nitro benzene ring substituents is 1. The van der Waals surface area contributed by atoms with Crippen LogP contribution < -0.4 is 5.73 Å². The highest BCUT2D eigenvalue weighted by atomic mass is 35.5. The Morgan fingerprint density at radius 1 is 1.45 bits per heavy atom. The summed E-state index contributed by atoms with van der Waals surface area (Å²) in [4.78, 5) is 12.7. The lowest BCUT2D eigenvalue weighted by Crippen LogP contribution is -2.38. The molecule has 2 N–H and O–H groups in total. The van der Waals surface area contributed by atoms with Crippen LogP contribution in [0, 0.1) is 15.5 Å². The highest BCUT2D eigenvalue weighted by Gasteiger charge is 2.20. The SMILES string of the molecule is CCN(Cc1ccc(Cl)c([N+](=O)[O-])c1)CC(C)(C)CN. The van der Waals surface area contributed by atoms with E-state index in [1.165, 1.54) is 0 Å². The molecule has 0 aromatic heterocycles. The molecule has 0 unspecified atom stereocenters. The van der Waals surface area contributed by atoms with Crippen LogP contribution in [0.25, 0.3) is 0 Å². The van der Waals surface area contributed by atoms with Crippen LogP contribution in [0.2, 0.25) is 5.02 Å². The third-order valence-corrected chi connectivity index (χ3v) is 3.58. The van der Waals surface area contributed by atoms with Crippen molar-refractivity contribution in [3.05, 3.63) is 38.9 Å². The van der Waals surface area contributed by atoms with Crippen molar-refractivity contribution < 1.29 is 4.92 Å². The van der Waals surface area contributed by atoms with E-state index in [1.807, 2.05) is 6.07 Å². The van der Waals surface area contributed by atoms with Crippen molar-refractivity contribution in [3.63, 3.8) is 0 Å². The Hall–Kier alpha value is -1.17. The molecule has 6 heteroatoms. The highest BCUT2D eigenvalue weighted by Crippen LogP contribution is 2.26. The fraction of sp³-hybridized carbons (Fsp3) is 0.571. The van der Waals surface area contributed by atoms with Crippen molar-refractivity contribution in [3.8, 4) is 0 Å². The van der Waals surface area contributed by atoms with Crippen molar-refractivity contribution in [2.75, 3.05) is 19.6 Å². The molecule has 1 aromatic rings. The largest absolute Gasteiger partial charge is 0.330 e. The van der Waals surface area contributed by atoms with Crippen molar-refractivity contribution in [2.24, 2.45) is 11.1 Å². The Morgan fingerprint density at radius 3 is 2.60 bits per heavy atom. The zero-order chi connectivity index (χ0) is 15.3. The summed E-state index contributed by atoms with van der Waals surface area (Å²) >= 11 is 5.82. The van der Waals surface area contributed by atoms with E-state index in [-0.39, 0.29) is 16.1 Å². The lowest BCUT2D eigenvalue weighted by atomic mass is 9.93. The first kappa shape index (κ1) is 16.9. The number of nitrogens with zero attached hydrogens (tertiary/aromatic N) is 2. The van der Waals surface area contributed by atoms with E-state index in [0.29, 0.717) is 13.1 Å². The average molecular weight is 300 g/mol. The van der Waals surface area contributed by atoms with Gasteiger partial charge in [-0.2, -0.15) is 0 Å². The summed E-state index contributed by atoms with van der Waals surface area (Å²) in [6, 6.07) is 4.95. The van der Waals surface area contributed by atoms with Gasteiger partial charge in [-0.05, 0) is 30.1 Å². The van der Waals surface area contributed by atoms with E-state index in [4.69, 9.17) is 17.3 Å². The van der Waals surface area contributed by atoms with Crippen LogP contribution in [0.4, 0.5) is 5.69 Å². The molecule has 20 heavy (non-hydrogen) atoms. The number of hydrogen-bond donors (Lipinski definition) is 1. The lowest BCUT2D eigenvalue weighted by molar-refractivity contribution is -0.384. The minimum Gasteiger partial charge on any atom is -0.330 e. The summed E-state index contributed by atoms with van der Waals surface area (Å²) in [6.45, 7) is 9.25. The van der Waals surface area contributed by atoms with Gasteiger partial charge < -0.3 is 5.73 Å². The van der Waals surface area contributed by atoms with Crippen molar-refractivity contribution in [2.45, 2.75) is 27.3 Å². The predicted molar refractivity (Wildman–Crippen MR) is 81.9 cm³/mol. The zero-order valence-electron chi connectivity index (χ0n) is 12.2. The third-order valence-electron chi connectivity index (χ3n) is 3.26. The second-order valence-corrected chi connectivity index (χ2v) is 6.12. The molecule has 0 fully saturated rings. The van der Waals surface area contributed by atoms with Crippen LogP contribution in [0.3, 0.4) is 0 Å². The molecule has 0 aliphatic rings. The molecule has 0 heterocycles. The fourth-order valence-electron chi connectivity index (χ4n) is 2.00. The quantitative estimate of drug-likeness (QED) is 0.620. The van der Waals surface area contributed by atoms with Crippen molar-refractivity contribution >= 4 is 17.3 Å². The van der Waals surface area contributed by atoms with Gasteiger partial charge in [0.1, 0.15) is 5.02 Å². The topological polar surface area (TPSA) is 72.4 Å². The van der Waals surface area contributed by atoms with Gasteiger partial charge in [-0.1, -0.05) is 38.4 Å². The third kappa shape index (κ3) is 4.74. The fourth-order valence-corrected chi connectivity index (χ4v) is 2.19. The maximum atomic E-state index is 10.9. The minimum absolute atomic E-state index is 0.0222. The lowest BCUT2D eigenvalue weighted by Gasteiger charge is -2.31. The molecule has 0 aliphatic carbocycles. The van der Waals surface area contributed by atoms with E-state index < -0.39 is 4.92 Å². The molecular formula is C14H22ClN3O2. The number of halogens is 1. The first-order chi connectivity index (χ1) is 9.29. The van der Waals surface area contributed by atoms with Gasteiger partial charge in [0.15, 0.2) is 0 Å². The molecule has 0 saturated heterocycles. The van der Waals surface area contributed by atoms with Crippen LogP contribution in [-0.4, -0.2) is 29.5 Å². The first-order valence-electron chi connectivity index (χ1n) is 6.64. The Bertz CT molecular complexity index is 477. The Morgan fingerprint density at radius 2 is 2.10 bits per heavy atom. The van der Waals surface area contributed by atoms with Crippen molar-refractivity contribution in [1.82, 2.24) is 4.90 Å². The average Bonchev–Trinajstić information content (AvgIpc) is 2.39. The minimum atomic E-state index is -0.452. The molecule has 0 bridgehead atoms. The molecule has 0 saturated carbocycles. The van der Waals surface area contributed by atoms with Crippen LogP contribution in [0.1, 0.15) is 26.3 Å². The van der Waals surface area contributed by atoms with Crippen molar-refractivity contribution in [1.29, 1.82) is 0 Å². The zero-order valence-corrected chi connectivity index (χ0v) is 13.0. The maximum absolute atomic E-state index is 10.9. The Labute approximate surface area is 124 Å². The van der Waals surface area contributed by atoms with E-state index in [2.05, 4.69) is 25.7 Å². The Balaban J connectivity index is 2.85. The summed E-state index contributed by atoms with van der Waals surface area (Å²) in [5.74, 6) is 0. The first-order valence-corrected chi connectivity index (χ1v) is 7.02. The van der Waals surface area contributed by atoms with Gasteiger partial charge in [0.25, 0.3) is 5.69 Å². The number of rotatable bonds is 7. The molecule has 112 valence electrons. The van der Waals surface area contributed by atoms with Gasteiger partial charge >= 0.3 is 0 Å². The summed E-state index contributed by atoms with van der Waals surface area (Å²) in [5, 5.41) is 11.1. The van der Waals surface area contributed by atoms with Crippen LogP contribution >= 0.6 is 11.6 Å². The van der Waals surface area contributed by atoms with Gasteiger partial charge in [0.05, 0.1) is 4.92 Å². The monoisotopic (exact) mass is 299 g/mol. The second kappa shape index (κ2) is 7.02. The maximum Gasteiger partial charge on any atom is 0.288 e. The van der Waals surface area contributed by atoms with Gasteiger partial charge in [0, 0.05) is 19.2 Å². The van der Waals surface area contributed by atoms with Crippen LogP contribution in [0.5, 0.6) is 0 Å². The van der Waals surface area contributed by atoms with Gasteiger partial charge in [-0.25, -0.2) is 0 Å². The van der Waals surface area contributed by atoms with E-state index in [1.54, 1.807) is 12.1 Å². The Kier molecular flexibility index (Phi) is 5.92. The smallest absolute Gasteiger partial charge is 0.288 e. The van der Waals surface area contributed by atoms with E-state index >= 15 is 0 Å². The predicted octanol–water partition coefficient (Wildman–Crippen LogP) is 3.06. The summed E-state index contributed by atoms with van der Waals surface area (Å²) in [5.41, 5.74) is 6.62. The number of nitrogens with two attached hydrogens (primary N) is 1. The summed E-state index contributed by atoms with van der Waals surface area (Å²) in [7, 11) is 0. The molecule has 0 spiro atoms. The van der Waals surface area contributed by atoms with Crippen LogP contribution in [-0.2, 0) is 6.54 Å². The molecular weight excluding hydrogens is 278 g/mol. The number of hydrogen-bond acceptors (Lipinski definition) is 4. The normalized spacial score (nSPS) is 11.9. The molecule has 5 nitrogen and oxygen atoms in total. The number of benzene rings is 1. The highest BCUT2D eigenvalue weighted by molar-refractivity contribution is 6.32. The van der Waals surface area contributed by atoms with Gasteiger partial charge in [-0.15, -0.1) is 0 Å². The molecule has 1 rings (SSSR count). The second-order valence-electron chi connectivity index (χ2n) is 5.71. The van der Waals surface area contributed by atoms with E-state index in [0.717, 1.165) is 18.7 Å². The molecule has 0 radical (unpaired) electrons. The van der Waals surface area contributed by atoms with Crippen LogP contribution in [0.15, 0.2) is 18.2 Å². The standard InChI is InChI=1S/C14H22ClN3O2/c1-4-17(10-14(2,3)9-16)8-11-5-6-12(15)13(7-11)18(19)20/h5-7H,4,8-10,16H2,1-3H3. The number of nitro groups is 1. The van der Waals surface area contributed by atoms with E-state index in [9.17, 15) is 10.1 Å². The summed E-state index contributed by atoms with van der Waals surface area (Å²) in [6.07, 6.45) is 0. The molecule has 0 aliphatic heterocycles. The van der Waals surface area contributed by atoms with Gasteiger partial charge in [0.2, 0.25) is 0 Å². The van der Waals surface area contributed by atoms with Gasteiger partial charge in [-0.3, -0.25) is 15.0 Å². The molecule has 0 amide bonds. The molecule has 1 aromatic carbocycles.